The van der Waals surface area contributed by atoms with E-state index in [-0.39, 0.29) is 10.9 Å². The first-order valence-corrected chi connectivity index (χ1v) is 7.77. The number of nitrogens with two attached hydrogens (primary N) is 1. The predicted octanol–water partition coefficient (Wildman–Crippen LogP) is 1.08. The van der Waals surface area contributed by atoms with Crippen molar-refractivity contribution in [2.45, 2.75) is 18.4 Å². The SMILES string of the molecule is CCc1ncc(S(=O)(=O)N(C)c2cccc(C(=N)N)c2)[nH]1. The number of hydrogen-bond acceptors (Lipinski definition) is 4. The van der Waals surface area contributed by atoms with E-state index in [1.54, 1.807) is 24.3 Å². The van der Waals surface area contributed by atoms with Crippen LogP contribution < -0.4 is 10.0 Å². The zero-order chi connectivity index (χ0) is 15.6. The monoisotopic (exact) mass is 307 g/mol. The van der Waals surface area contributed by atoms with Crippen molar-refractivity contribution in [3.63, 3.8) is 0 Å². The molecule has 1 aromatic heterocycles. The average Bonchev–Trinajstić information content (AvgIpc) is 2.96. The van der Waals surface area contributed by atoms with Crippen LogP contribution in [0, 0.1) is 5.41 Å². The molecule has 8 heteroatoms. The number of imidazole rings is 1. The fourth-order valence-electron chi connectivity index (χ4n) is 1.81. The van der Waals surface area contributed by atoms with Gasteiger partial charge in [-0.05, 0) is 12.1 Å². The first kappa shape index (κ1) is 15.0. The van der Waals surface area contributed by atoms with Crippen molar-refractivity contribution in [2.24, 2.45) is 5.73 Å². The second kappa shape index (κ2) is 5.57. The second-order valence-corrected chi connectivity index (χ2v) is 6.42. The topological polar surface area (TPSA) is 116 Å². The zero-order valence-electron chi connectivity index (χ0n) is 11.8. The summed E-state index contributed by atoms with van der Waals surface area (Å²) in [4.78, 5) is 6.79. The Morgan fingerprint density at radius 2 is 2.19 bits per heavy atom. The summed E-state index contributed by atoms with van der Waals surface area (Å²) in [6, 6.07) is 6.50. The molecule has 0 aliphatic heterocycles. The average molecular weight is 307 g/mol. The van der Waals surface area contributed by atoms with E-state index in [2.05, 4.69) is 9.97 Å². The number of aryl methyl sites for hydroxylation is 1. The van der Waals surface area contributed by atoms with Crippen LogP contribution in [0.2, 0.25) is 0 Å². The van der Waals surface area contributed by atoms with Gasteiger partial charge in [-0.25, -0.2) is 4.98 Å². The number of aromatic amines is 1. The van der Waals surface area contributed by atoms with Crippen molar-refractivity contribution in [3.05, 3.63) is 41.9 Å². The predicted molar refractivity (Wildman–Crippen MR) is 81.0 cm³/mol. The van der Waals surface area contributed by atoms with Gasteiger partial charge in [0, 0.05) is 19.0 Å². The molecule has 0 atom stereocenters. The van der Waals surface area contributed by atoms with E-state index < -0.39 is 10.0 Å². The van der Waals surface area contributed by atoms with E-state index >= 15 is 0 Å². The molecule has 2 rings (SSSR count). The minimum Gasteiger partial charge on any atom is -0.384 e. The van der Waals surface area contributed by atoms with E-state index in [0.717, 1.165) is 4.31 Å². The van der Waals surface area contributed by atoms with Gasteiger partial charge in [-0.1, -0.05) is 19.1 Å². The second-order valence-electron chi connectivity index (χ2n) is 4.48. The minimum absolute atomic E-state index is 0.0371. The lowest BCUT2D eigenvalue weighted by atomic mass is 10.2. The van der Waals surface area contributed by atoms with Crippen LogP contribution in [0.3, 0.4) is 0 Å². The smallest absolute Gasteiger partial charge is 0.281 e. The highest BCUT2D eigenvalue weighted by molar-refractivity contribution is 7.92. The summed E-state index contributed by atoms with van der Waals surface area (Å²) >= 11 is 0. The Labute approximate surface area is 123 Å². The van der Waals surface area contributed by atoms with Gasteiger partial charge >= 0.3 is 0 Å². The van der Waals surface area contributed by atoms with Crippen molar-refractivity contribution in [1.82, 2.24) is 9.97 Å². The molecule has 112 valence electrons. The first-order valence-electron chi connectivity index (χ1n) is 6.33. The summed E-state index contributed by atoms with van der Waals surface area (Å²) in [5.74, 6) is 0.497. The van der Waals surface area contributed by atoms with Crippen LogP contribution in [-0.4, -0.2) is 31.3 Å². The number of nitrogen functional groups attached to an aromatic ring is 1. The van der Waals surface area contributed by atoms with E-state index in [9.17, 15) is 8.42 Å². The third-order valence-corrected chi connectivity index (χ3v) is 4.79. The molecule has 1 aromatic carbocycles. The number of sulfonamides is 1. The van der Waals surface area contributed by atoms with Crippen molar-refractivity contribution in [3.8, 4) is 0 Å². The largest absolute Gasteiger partial charge is 0.384 e. The molecule has 7 nitrogen and oxygen atoms in total. The van der Waals surface area contributed by atoms with Crippen LogP contribution in [0.15, 0.2) is 35.5 Å². The normalized spacial score (nSPS) is 11.3. The summed E-state index contributed by atoms with van der Waals surface area (Å²) in [7, 11) is -2.27. The molecule has 0 radical (unpaired) electrons. The van der Waals surface area contributed by atoms with E-state index in [1.165, 1.54) is 13.2 Å². The lowest BCUT2D eigenvalue weighted by molar-refractivity contribution is 0.591. The first-order chi connectivity index (χ1) is 9.86. The molecule has 21 heavy (non-hydrogen) atoms. The van der Waals surface area contributed by atoms with Gasteiger partial charge in [-0.2, -0.15) is 8.42 Å². The van der Waals surface area contributed by atoms with Gasteiger partial charge < -0.3 is 10.7 Å². The summed E-state index contributed by atoms with van der Waals surface area (Å²) in [5.41, 5.74) is 6.32. The lowest BCUT2D eigenvalue weighted by Gasteiger charge is -2.18. The van der Waals surface area contributed by atoms with Crippen LogP contribution in [-0.2, 0) is 16.4 Å². The number of amidine groups is 1. The Kier molecular flexibility index (Phi) is 3.99. The molecule has 0 aliphatic carbocycles. The molecule has 1 heterocycles. The van der Waals surface area contributed by atoms with Crippen molar-refractivity contribution >= 4 is 21.5 Å². The molecule has 0 fully saturated rings. The van der Waals surface area contributed by atoms with Crippen LogP contribution >= 0.6 is 0 Å². The minimum atomic E-state index is -3.72. The molecular weight excluding hydrogens is 290 g/mol. The van der Waals surface area contributed by atoms with E-state index in [4.69, 9.17) is 11.1 Å². The molecule has 0 amide bonds. The van der Waals surface area contributed by atoms with Crippen molar-refractivity contribution in [1.29, 1.82) is 5.41 Å². The highest BCUT2D eigenvalue weighted by Gasteiger charge is 2.23. The Bertz CT molecular complexity index is 766. The maximum atomic E-state index is 12.5. The Balaban J connectivity index is 2.40. The van der Waals surface area contributed by atoms with Gasteiger partial charge in [0.25, 0.3) is 10.0 Å². The van der Waals surface area contributed by atoms with Gasteiger partial charge in [0.2, 0.25) is 0 Å². The zero-order valence-corrected chi connectivity index (χ0v) is 12.6. The third kappa shape index (κ3) is 2.89. The molecule has 0 unspecified atom stereocenters. The highest BCUT2D eigenvalue weighted by atomic mass is 32.2. The van der Waals surface area contributed by atoms with E-state index in [0.29, 0.717) is 23.5 Å². The van der Waals surface area contributed by atoms with Crippen LogP contribution in [0.25, 0.3) is 0 Å². The van der Waals surface area contributed by atoms with Crippen LogP contribution in [0.4, 0.5) is 5.69 Å². The molecular formula is C13H17N5O2S. The number of benzene rings is 1. The standard InChI is InChI=1S/C13H17N5O2S/c1-3-11-16-8-12(17-11)21(19,20)18(2)10-6-4-5-9(7-10)13(14)15/h4-8H,3H2,1-2H3,(H3,14,15)(H,16,17). The number of hydrogen-bond donors (Lipinski definition) is 3. The Morgan fingerprint density at radius 1 is 1.48 bits per heavy atom. The number of nitrogens with zero attached hydrogens (tertiary/aromatic N) is 2. The summed E-state index contributed by atoms with van der Waals surface area (Å²) in [6.45, 7) is 1.88. The highest BCUT2D eigenvalue weighted by Crippen LogP contribution is 2.21. The van der Waals surface area contributed by atoms with E-state index in [1.807, 2.05) is 6.92 Å². The molecule has 0 bridgehead atoms. The van der Waals surface area contributed by atoms with Crippen molar-refractivity contribution in [2.75, 3.05) is 11.4 Å². The summed E-state index contributed by atoms with van der Waals surface area (Å²) < 4.78 is 26.2. The van der Waals surface area contributed by atoms with Gasteiger partial charge in [-0.15, -0.1) is 0 Å². The molecule has 0 saturated heterocycles. The van der Waals surface area contributed by atoms with Gasteiger partial charge in [0.1, 0.15) is 11.7 Å². The molecule has 4 N–H and O–H groups in total. The summed E-state index contributed by atoms with van der Waals surface area (Å²) in [6.07, 6.45) is 1.93. The van der Waals surface area contributed by atoms with Crippen molar-refractivity contribution < 1.29 is 8.42 Å². The maximum Gasteiger partial charge on any atom is 0.281 e. The Morgan fingerprint density at radius 3 is 2.76 bits per heavy atom. The van der Waals surface area contributed by atoms with Crippen LogP contribution in [0.5, 0.6) is 0 Å². The quantitative estimate of drug-likeness (QED) is 0.566. The molecule has 0 saturated carbocycles. The third-order valence-electron chi connectivity index (χ3n) is 3.10. The number of anilines is 1. The fraction of sp³-hybridized carbons (Fsp3) is 0.231. The fourth-order valence-corrected chi connectivity index (χ4v) is 2.93. The number of aromatic nitrogens is 2. The summed E-state index contributed by atoms with van der Waals surface area (Å²) in [5, 5.41) is 7.45. The molecule has 0 spiro atoms. The number of rotatable bonds is 5. The number of H-pyrrole nitrogens is 1. The van der Waals surface area contributed by atoms with Gasteiger partial charge in [0.05, 0.1) is 11.9 Å². The maximum absolute atomic E-state index is 12.5. The Hall–Kier alpha value is -2.35. The van der Waals surface area contributed by atoms with Crippen LogP contribution in [0.1, 0.15) is 18.3 Å². The van der Waals surface area contributed by atoms with Gasteiger partial charge in [0.15, 0.2) is 5.03 Å². The molecule has 2 aromatic rings. The van der Waals surface area contributed by atoms with Gasteiger partial charge in [-0.3, -0.25) is 9.71 Å². The molecule has 0 aliphatic rings. The lowest BCUT2D eigenvalue weighted by Crippen LogP contribution is -2.27. The number of nitrogens with one attached hydrogen (secondary N) is 2.